The third-order valence-electron chi connectivity index (χ3n) is 1.73. The molecule has 4 nitrogen and oxygen atoms in total. The molecule has 0 amide bonds. The number of allylic oxidation sites excluding steroid dienone is 2. The van der Waals surface area contributed by atoms with E-state index in [1.165, 1.54) is 11.8 Å². The number of nitriles is 2. The highest BCUT2D eigenvalue weighted by Crippen LogP contribution is 2.36. The number of rotatable bonds is 1. The molecule has 1 aliphatic rings. The van der Waals surface area contributed by atoms with Gasteiger partial charge in [-0.3, -0.25) is 4.85 Å². The molecule has 0 aliphatic carbocycles. The number of thioether (sulfide) groups is 1. The average molecular weight is 212 g/mol. The Morgan fingerprint density at radius 3 is 2.73 bits per heavy atom. The normalized spacial score (nSPS) is 23.1. The first-order valence-corrected chi connectivity index (χ1v) is 4.77. The van der Waals surface area contributed by atoms with Crippen molar-refractivity contribution in [2.75, 3.05) is 0 Å². The minimum atomic E-state index is -0.755. The smallest absolute Gasteiger partial charge is 0.296 e. The molecule has 0 saturated heterocycles. The second-order valence-corrected chi connectivity index (χ2v) is 3.80. The lowest BCUT2D eigenvalue weighted by Gasteiger charge is -2.02. The van der Waals surface area contributed by atoms with Crippen LogP contribution in [-0.2, 0) is 0 Å². The van der Waals surface area contributed by atoms with E-state index in [2.05, 4.69) is 9.69 Å². The van der Waals surface area contributed by atoms with Gasteiger partial charge < -0.3 is 0 Å². The Bertz CT molecular complexity index is 459. The minimum Gasteiger partial charge on any atom is -0.296 e. The van der Waals surface area contributed by atoms with Crippen LogP contribution >= 0.6 is 11.8 Å². The predicted octanol–water partition coefficient (Wildman–Crippen LogP) is 2.12. The summed E-state index contributed by atoms with van der Waals surface area (Å²) in [4.78, 5) is 6.78. The summed E-state index contributed by atoms with van der Waals surface area (Å²) in [6.07, 6.45) is 3.32. The Labute approximate surface area is 91.8 Å². The standard InChI is InChI=1S/C10H4N4S/c1-13-7(5-11)9-3-4-10(15-9)8(6-12)14-2/h3-4,7,9H/b10-8-. The molecule has 0 radical (unpaired) electrons. The van der Waals surface area contributed by atoms with Crippen LogP contribution in [0.2, 0.25) is 0 Å². The van der Waals surface area contributed by atoms with E-state index in [9.17, 15) is 0 Å². The van der Waals surface area contributed by atoms with Crippen LogP contribution in [0.4, 0.5) is 0 Å². The monoisotopic (exact) mass is 212 g/mol. The van der Waals surface area contributed by atoms with Crippen molar-refractivity contribution in [3.63, 3.8) is 0 Å². The summed E-state index contributed by atoms with van der Waals surface area (Å²) in [6.45, 7) is 13.6. The van der Waals surface area contributed by atoms with Gasteiger partial charge in [0.15, 0.2) is 6.07 Å². The van der Waals surface area contributed by atoms with Crippen molar-refractivity contribution >= 4 is 11.8 Å². The Hall–Kier alpha value is -2.21. The first-order chi connectivity index (χ1) is 7.26. The lowest BCUT2D eigenvalue weighted by molar-refractivity contribution is 0.999. The van der Waals surface area contributed by atoms with Crippen LogP contribution in [0.3, 0.4) is 0 Å². The molecule has 0 bridgehead atoms. The third-order valence-corrected chi connectivity index (χ3v) is 3.00. The molecule has 0 spiro atoms. The SMILES string of the molecule is [C-]#[N+]/C(C#N)=C1/C=CC(C(C#N)[N+]#[C-])S1. The van der Waals surface area contributed by atoms with E-state index in [1.807, 2.05) is 6.07 Å². The van der Waals surface area contributed by atoms with Gasteiger partial charge in [-0.05, 0) is 0 Å². The van der Waals surface area contributed by atoms with Crippen LogP contribution < -0.4 is 0 Å². The molecule has 2 atom stereocenters. The molecule has 70 valence electrons. The van der Waals surface area contributed by atoms with Gasteiger partial charge in [0.25, 0.3) is 5.70 Å². The first kappa shape index (κ1) is 10.9. The fourth-order valence-corrected chi connectivity index (χ4v) is 2.08. The molecular formula is C10H4N4S. The topological polar surface area (TPSA) is 56.3 Å². The summed E-state index contributed by atoms with van der Waals surface area (Å²) in [5.74, 6) is 0. The predicted molar refractivity (Wildman–Crippen MR) is 55.8 cm³/mol. The average Bonchev–Trinajstić information content (AvgIpc) is 2.71. The fourth-order valence-electron chi connectivity index (χ4n) is 1.02. The zero-order valence-corrected chi connectivity index (χ0v) is 8.32. The Morgan fingerprint density at radius 2 is 2.27 bits per heavy atom. The molecule has 1 heterocycles. The van der Waals surface area contributed by atoms with Gasteiger partial charge in [0.1, 0.15) is 5.25 Å². The lowest BCUT2D eigenvalue weighted by atomic mass is 10.2. The minimum absolute atomic E-state index is 0.0143. The van der Waals surface area contributed by atoms with E-state index >= 15 is 0 Å². The van der Waals surface area contributed by atoms with Gasteiger partial charge in [-0.15, -0.1) is 11.8 Å². The van der Waals surface area contributed by atoms with Crippen molar-refractivity contribution < 1.29 is 0 Å². The highest BCUT2D eigenvalue weighted by Gasteiger charge is 2.29. The molecule has 2 unspecified atom stereocenters. The maximum absolute atomic E-state index is 8.67. The Balaban J connectivity index is 2.91. The summed E-state index contributed by atoms with van der Waals surface area (Å²) >= 11 is 1.22. The van der Waals surface area contributed by atoms with Gasteiger partial charge in [-0.25, -0.2) is 16.7 Å². The van der Waals surface area contributed by atoms with E-state index in [0.717, 1.165) is 0 Å². The third kappa shape index (κ3) is 2.18. The quantitative estimate of drug-likeness (QED) is 0.494. The van der Waals surface area contributed by atoms with Crippen LogP contribution in [0.25, 0.3) is 9.69 Å². The maximum atomic E-state index is 8.67. The highest BCUT2D eigenvalue weighted by atomic mass is 32.2. The molecule has 0 aromatic rings. The molecule has 5 heteroatoms. The number of hydrogen-bond acceptors (Lipinski definition) is 3. The fraction of sp³-hybridized carbons (Fsp3) is 0.200. The van der Waals surface area contributed by atoms with Crippen molar-refractivity contribution in [1.82, 2.24) is 0 Å². The zero-order chi connectivity index (χ0) is 11.3. The second kappa shape index (κ2) is 4.87. The van der Waals surface area contributed by atoms with E-state index in [1.54, 1.807) is 18.2 Å². The van der Waals surface area contributed by atoms with Crippen LogP contribution in [0, 0.1) is 35.8 Å². The molecule has 0 aromatic heterocycles. The van der Waals surface area contributed by atoms with Crippen LogP contribution in [-0.4, -0.2) is 11.3 Å². The molecule has 1 rings (SSSR count). The molecule has 0 aromatic carbocycles. The highest BCUT2D eigenvalue weighted by molar-refractivity contribution is 8.04. The van der Waals surface area contributed by atoms with E-state index in [-0.39, 0.29) is 10.9 Å². The van der Waals surface area contributed by atoms with E-state index in [4.69, 9.17) is 23.7 Å². The van der Waals surface area contributed by atoms with Gasteiger partial charge >= 0.3 is 6.04 Å². The summed E-state index contributed by atoms with van der Waals surface area (Å²) in [5.41, 5.74) is 0.0143. The van der Waals surface area contributed by atoms with E-state index < -0.39 is 6.04 Å². The lowest BCUT2D eigenvalue weighted by Crippen LogP contribution is -2.12. The van der Waals surface area contributed by atoms with Gasteiger partial charge in [0.05, 0.1) is 12.6 Å². The number of nitrogens with zero attached hydrogens (tertiary/aromatic N) is 4. The summed E-state index contributed by atoms with van der Waals surface area (Å²) in [5, 5.41) is 17.0. The Kier molecular flexibility index (Phi) is 3.53. The maximum Gasteiger partial charge on any atom is 0.322 e. The summed E-state index contributed by atoms with van der Waals surface area (Å²) in [7, 11) is 0. The first-order valence-electron chi connectivity index (χ1n) is 3.89. The molecule has 0 fully saturated rings. The largest absolute Gasteiger partial charge is 0.322 e. The summed E-state index contributed by atoms with van der Waals surface area (Å²) < 4.78 is 0. The summed E-state index contributed by atoms with van der Waals surface area (Å²) in [6, 6.07) is 2.91. The van der Waals surface area contributed by atoms with Crippen LogP contribution in [0.1, 0.15) is 0 Å². The molecule has 15 heavy (non-hydrogen) atoms. The molecule has 0 N–H and O–H groups in total. The van der Waals surface area contributed by atoms with Crippen molar-refractivity contribution in [2.45, 2.75) is 11.3 Å². The van der Waals surface area contributed by atoms with Crippen molar-refractivity contribution in [2.24, 2.45) is 0 Å². The van der Waals surface area contributed by atoms with Gasteiger partial charge in [-0.1, -0.05) is 12.2 Å². The van der Waals surface area contributed by atoms with Crippen molar-refractivity contribution in [3.05, 3.63) is 45.6 Å². The van der Waals surface area contributed by atoms with Crippen molar-refractivity contribution in [1.29, 1.82) is 10.5 Å². The molecule has 1 aliphatic heterocycles. The number of hydrogen-bond donors (Lipinski definition) is 0. The zero-order valence-electron chi connectivity index (χ0n) is 7.51. The van der Waals surface area contributed by atoms with Crippen LogP contribution in [0.15, 0.2) is 22.8 Å². The van der Waals surface area contributed by atoms with Gasteiger partial charge in [-0.2, -0.15) is 5.26 Å². The Morgan fingerprint density at radius 1 is 1.53 bits per heavy atom. The van der Waals surface area contributed by atoms with E-state index in [0.29, 0.717) is 4.91 Å². The second-order valence-electron chi connectivity index (χ2n) is 2.58. The van der Waals surface area contributed by atoms with Crippen LogP contribution in [0.5, 0.6) is 0 Å². The van der Waals surface area contributed by atoms with Gasteiger partial charge in [0, 0.05) is 4.91 Å². The van der Waals surface area contributed by atoms with Crippen molar-refractivity contribution in [3.8, 4) is 12.1 Å². The van der Waals surface area contributed by atoms with Gasteiger partial charge in [0.2, 0.25) is 0 Å². The molecule has 0 saturated carbocycles. The molecular weight excluding hydrogens is 208 g/mol.